The van der Waals surface area contributed by atoms with Crippen molar-refractivity contribution in [1.82, 2.24) is 35.4 Å². The van der Waals surface area contributed by atoms with E-state index in [-0.39, 0.29) is 29.5 Å². The van der Waals surface area contributed by atoms with Crippen molar-refractivity contribution in [3.05, 3.63) is 83.3 Å². The largest absolute Gasteiger partial charge is 0.480 e. The van der Waals surface area contributed by atoms with Crippen LogP contribution >= 0.6 is 0 Å². The lowest BCUT2D eigenvalue weighted by atomic mass is 10.0. The third-order valence-corrected chi connectivity index (χ3v) is 7.18. The van der Waals surface area contributed by atoms with E-state index in [4.69, 9.17) is 19.4 Å². The molecule has 15 heteroatoms. The summed E-state index contributed by atoms with van der Waals surface area (Å²) in [5, 5.41) is 14.7. The number of ether oxygens (including phenoxy) is 2. The number of benzene rings is 1. The van der Waals surface area contributed by atoms with E-state index in [1.807, 2.05) is 30.3 Å². The highest BCUT2D eigenvalue weighted by Crippen LogP contribution is 2.33. The molecule has 1 fully saturated rings. The first-order chi connectivity index (χ1) is 21.7. The summed E-state index contributed by atoms with van der Waals surface area (Å²) < 4.78 is 39.6. The van der Waals surface area contributed by atoms with Gasteiger partial charge in [-0.25, -0.2) is 23.8 Å². The molecule has 0 unspecified atom stereocenters. The standard InChI is InChI=1S/C30H32F2N8O5/c1-17-24(18-12-21(28(41)33-2)29(44-4)35-14-18)38-40(20-8-6-5-7-9-20)27(17)37-30(42)36-23-16-39(10-11-43-3)45-25(23)19-13-22(31)26(32)34-15-19/h5-9,12-15,23,25H,10-11,16H2,1-4H3,(H,33,41)(H2,36,37,42)/t23-,25+/m1/s1. The van der Waals surface area contributed by atoms with Crippen LogP contribution in [0, 0.1) is 18.7 Å². The average molecular weight is 623 g/mol. The molecule has 3 amide bonds. The summed E-state index contributed by atoms with van der Waals surface area (Å²) in [5.41, 5.74) is 2.72. The second kappa shape index (κ2) is 13.8. The van der Waals surface area contributed by atoms with Crippen molar-refractivity contribution in [2.75, 3.05) is 46.3 Å². The van der Waals surface area contributed by atoms with E-state index in [0.29, 0.717) is 41.5 Å². The topological polar surface area (TPSA) is 145 Å². The number of pyridine rings is 2. The molecule has 1 saturated heterocycles. The molecule has 4 heterocycles. The highest BCUT2D eigenvalue weighted by Gasteiger charge is 2.37. The Hall–Kier alpha value is -4.99. The van der Waals surface area contributed by atoms with Gasteiger partial charge in [-0.05, 0) is 31.2 Å². The molecular weight excluding hydrogens is 590 g/mol. The number of carbonyl (C=O) groups is 2. The van der Waals surface area contributed by atoms with Gasteiger partial charge in [0.05, 0.1) is 31.1 Å². The fraction of sp³-hybridized carbons (Fsp3) is 0.300. The molecular formula is C30H32F2N8O5. The molecule has 13 nitrogen and oxygen atoms in total. The van der Waals surface area contributed by atoms with Crippen LogP contribution in [0.4, 0.5) is 19.4 Å². The number of nitrogens with zero attached hydrogens (tertiary/aromatic N) is 5. The fourth-order valence-electron chi connectivity index (χ4n) is 4.96. The number of hydroxylamine groups is 2. The highest BCUT2D eigenvalue weighted by molar-refractivity contribution is 5.97. The van der Waals surface area contributed by atoms with Crippen molar-refractivity contribution in [2.24, 2.45) is 0 Å². The van der Waals surface area contributed by atoms with Crippen molar-refractivity contribution < 1.29 is 32.7 Å². The van der Waals surface area contributed by atoms with Crippen LogP contribution in [-0.4, -0.2) is 83.8 Å². The Morgan fingerprint density at radius 3 is 2.58 bits per heavy atom. The second-order valence-corrected chi connectivity index (χ2v) is 10.1. The van der Waals surface area contributed by atoms with E-state index in [1.54, 1.807) is 29.8 Å². The molecule has 0 aliphatic carbocycles. The first kappa shape index (κ1) is 31.4. The van der Waals surface area contributed by atoms with Crippen LogP contribution in [0.1, 0.15) is 27.6 Å². The summed E-state index contributed by atoms with van der Waals surface area (Å²) in [6.07, 6.45) is 1.86. The molecule has 0 radical (unpaired) electrons. The number of rotatable bonds is 10. The lowest BCUT2D eigenvalue weighted by Crippen LogP contribution is -2.42. The Morgan fingerprint density at radius 1 is 1.11 bits per heavy atom. The van der Waals surface area contributed by atoms with E-state index >= 15 is 0 Å². The van der Waals surface area contributed by atoms with E-state index in [2.05, 4.69) is 25.9 Å². The molecule has 2 atom stereocenters. The van der Waals surface area contributed by atoms with Gasteiger partial charge in [0.15, 0.2) is 5.82 Å². The van der Waals surface area contributed by atoms with Crippen LogP contribution in [0.15, 0.2) is 54.9 Å². The summed E-state index contributed by atoms with van der Waals surface area (Å²) in [4.78, 5) is 39.8. The van der Waals surface area contributed by atoms with Crippen molar-refractivity contribution in [3.63, 3.8) is 0 Å². The number of hydrogen-bond donors (Lipinski definition) is 3. The lowest BCUT2D eigenvalue weighted by molar-refractivity contribution is -0.154. The number of amides is 3. The Labute approximate surface area is 257 Å². The van der Waals surface area contributed by atoms with Crippen LogP contribution in [0.2, 0.25) is 0 Å². The molecule has 3 N–H and O–H groups in total. The molecule has 4 aromatic rings. The predicted octanol–water partition coefficient (Wildman–Crippen LogP) is 3.41. The van der Waals surface area contributed by atoms with Gasteiger partial charge in [-0.3, -0.25) is 14.9 Å². The van der Waals surface area contributed by atoms with Gasteiger partial charge in [0, 0.05) is 56.3 Å². The van der Waals surface area contributed by atoms with Crippen molar-refractivity contribution in [1.29, 1.82) is 0 Å². The summed E-state index contributed by atoms with van der Waals surface area (Å²) in [6, 6.07) is 10.5. The smallest absolute Gasteiger partial charge is 0.320 e. The molecule has 1 aliphatic heterocycles. The minimum atomic E-state index is -1.23. The molecule has 45 heavy (non-hydrogen) atoms. The SMILES string of the molecule is CNC(=O)c1cc(-c2nn(-c3ccccc3)c(NC(=O)N[C@@H]3CN(CCOC)O[C@H]3c3cnc(F)c(F)c3)c2C)cnc1OC. The maximum Gasteiger partial charge on any atom is 0.320 e. The number of nitrogens with one attached hydrogen (secondary N) is 3. The van der Waals surface area contributed by atoms with Crippen LogP contribution in [-0.2, 0) is 9.57 Å². The van der Waals surface area contributed by atoms with Crippen LogP contribution in [0.5, 0.6) is 5.88 Å². The maximum absolute atomic E-state index is 14.1. The van der Waals surface area contributed by atoms with Gasteiger partial charge in [-0.2, -0.15) is 14.6 Å². The number of hydrogen-bond acceptors (Lipinski definition) is 9. The third-order valence-electron chi connectivity index (χ3n) is 7.18. The van der Waals surface area contributed by atoms with Gasteiger partial charge in [-0.15, -0.1) is 0 Å². The normalized spacial score (nSPS) is 16.4. The van der Waals surface area contributed by atoms with E-state index < -0.39 is 29.9 Å². The van der Waals surface area contributed by atoms with Gasteiger partial charge < -0.3 is 20.1 Å². The highest BCUT2D eigenvalue weighted by atomic mass is 19.2. The Bertz CT molecular complexity index is 1690. The lowest BCUT2D eigenvalue weighted by Gasteiger charge is -2.19. The Balaban J connectivity index is 1.47. The minimum Gasteiger partial charge on any atom is -0.480 e. The summed E-state index contributed by atoms with van der Waals surface area (Å²) in [7, 11) is 4.47. The number of halogens is 2. The fourth-order valence-corrected chi connectivity index (χ4v) is 4.96. The summed E-state index contributed by atoms with van der Waals surface area (Å²) in [6.45, 7) is 2.74. The van der Waals surface area contributed by atoms with Gasteiger partial charge in [-0.1, -0.05) is 18.2 Å². The molecule has 0 spiro atoms. The zero-order valence-corrected chi connectivity index (χ0v) is 25.0. The molecule has 1 aromatic carbocycles. The van der Waals surface area contributed by atoms with Crippen LogP contribution < -0.4 is 20.7 Å². The maximum atomic E-state index is 14.1. The second-order valence-electron chi connectivity index (χ2n) is 10.1. The van der Waals surface area contributed by atoms with Crippen molar-refractivity contribution in [3.8, 4) is 22.8 Å². The number of urea groups is 1. The predicted molar refractivity (Wildman–Crippen MR) is 159 cm³/mol. The van der Waals surface area contributed by atoms with Gasteiger partial charge in [0.25, 0.3) is 5.91 Å². The van der Waals surface area contributed by atoms with E-state index in [1.165, 1.54) is 26.6 Å². The quantitative estimate of drug-likeness (QED) is 0.227. The third kappa shape index (κ3) is 6.74. The zero-order chi connectivity index (χ0) is 32.1. The van der Waals surface area contributed by atoms with Gasteiger partial charge in [0.2, 0.25) is 11.8 Å². The first-order valence-corrected chi connectivity index (χ1v) is 13.9. The number of aromatic nitrogens is 4. The van der Waals surface area contributed by atoms with Gasteiger partial charge >= 0.3 is 6.03 Å². The Kier molecular flexibility index (Phi) is 9.61. The molecule has 0 saturated carbocycles. The Morgan fingerprint density at radius 2 is 1.89 bits per heavy atom. The summed E-state index contributed by atoms with van der Waals surface area (Å²) in [5.74, 6) is -2.24. The van der Waals surface area contributed by atoms with Crippen molar-refractivity contribution in [2.45, 2.75) is 19.1 Å². The monoisotopic (exact) mass is 622 g/mol. The molecule has 5 rings (SSSR count). The molecule has 3 aromatic heterocycles. The average Bonchev–Trinajstić information content (AvgIpc) is 3.60. The van der Waals surface area contributed by atoms with E-state index in [9.17, 15) is 18.4 Å². The van der Waals surface area contributed by atoms with Crippen molar-refractivity contribution >= 4 is 17.8 Å². The van der Waals surface area contributed by atoms with Gasteiger partial charge in [0.1, 0.15) is 17.5 Å². The molecule has 236 valence electrons. The summed E-state index contributed by atoms with van der Waals surface area (Å²) >= 11 is 0. The first-order valence-electron chi connectivity index (χ1n) is 13.9. The number of anilines is 1. The molecule has 0 bridgehead atoms. The number of methoxy groups -OCH3 is 2. The number of carbonyl (C=O) groups excluding carboxylic acids is 2. The van der Waals surface area contributed by atoms with E-state index in [0.717, 1.165) is 6.07 Å². The molecule has 1 aliphatic rings. The number of para-hydroxylation sites is 1. The van der Waals surface area contributed by atoms with Crippen LogP contribution in [0.25, 0.3) is 16.9 Å². The zero-order valence-electron chi connectivity index (χ0n) is 25.0. The van der Waals surface area contributed by atoms with Crippen LogP contribution in [0.3, 0.4) is 0 Å². The minimum absolute atomic E-state index is 0.153.